The Labute approximate surface area is 170 Å². The maximum atomic E-state index is 12.4. The Morgan fingerprint density at radius 2 is 1.65 bits per heavy atom. The van der Waals surface area contributed by atoms with Gasteiger partial charge in [0.05, 0.1) is 11.6 Å². The number of rotatable bonds is 5. The molecular formula is C18H13Cl3N2O2S. The van der Waals surface area contributed by atoms with Crippen molar-refractivity contribution in [1.29, 1.82) is 0 Å². The second-order valence-corrected chi connectivity index (χ2v) is 7.68. The lowest BCUT2D eigenvalue weighted by Gasteiger charge is -2.22. The number of ether oxygens (including phenoxy) is 1. The summed E-state index contributed by atoms with van der Waals surface area (Å²) in [5, 5.41) is 0.299. The van der Waals surface area contributed by atoms with Crippen LogP contribution in [0.4, 0.5) is 4.79 Å². The van der Waals surface area contributed by atoms with E-state index in [1.54, 1.807) is 59.7 Å². The third kappa shape index (κ3) is 4.95. The lowest BCUT2D eigenvalue weighted by molar-refractivity contribution is 0.227. The number of halogens is 3. The van der Waals surface area contributed by atoms with Crippen molar-refractivity contribution in [2.75, 3.05) is 0 Å². The molecule has 0 aliphatic carbocycles. The monoisotopic (exact) mass is 426 g/mol. The molecule has 0 bridgehead atoms. The number of nitrogens with zero attached hydrogens (tertiary/aromatic N) is 2. The molecule has 1 aromatic heterocycles. The van der Waals surface area contributed by atoms with E-state index in [9.17, 15) is 4.79 Å². The molecule has 3 rings (SSSR count). The van der Waals surface area contributed by atoms with Crippen molar-refractivity contribution >= 4 is 51.9 Å². The Morgan fingerprint density at radius 3 is 2.23 bits per heavy atom. The fourth-order valence-electron chi connectivity index (χ4n) is 2.23. The molecule has 0 aliphatic heterocycles. The van der Waals surface area contributed by atoms with Gasteiger partial charge in [-0.3, -0.25) is 0 Å². The summed E-state index contributed by atoms with van der Waals surface area (Å²) in [6, 6.07) is 13.8. The van der Waals surface area contributed by atoms with Gasteiger partial charge >= 0.3 is 5.30 Å². The first kappa shape index (κ1) is 19.1. The SMILES string of the molecule is O=C(Oc1ccc(Cl)cc1)SC(c1ccc(Cl)cc1)C(Cl)n1ccnc1. The van der Waals surface area contributed by atoms with Gasteiger partial charge in [0.25, 0.3) is 0 Å². The standard InChI is InChI=1S/C18H13Cl3N2O2S/c19-13-3-1-12(2-4-13)16(17(21)23-10-9-22-11-23)26-18(24)25-15-7-5-14(20)6-8-15/h1-11,16-17H. The molecule has 134 valence electrons. The highest BCUT2D eigenvalue weighted by molar-refractivity contribution is 8.13. The molecule has 3 aromatic rings. The zero-order valence-corrected chi connectivity index (χ0v) is 16.3. The van der Waals surface area contributed by atoms with Crippen LogP contribution < -0.4 is 4.74 Å². The Bertz CT molecular complexity index is 855. The first-order chi connectivity index (χ1) is 12.5. The van der Waals surface area contributed by atoms with Gasteiger partial charge in [-0.05, 0) is 53.7 Å². The van der Waals surface area contributed by atoms with E-state index in [0.29, 0.717) is 15.8 Å². The summed E-state index contributed by atoms with van der Waals surface area (Å²) in [5.74, 6) is 0.413. The molecule has 26 heavy (non-hydrogen) atoms. The van der Waals surface area contributed by atoms with Gasteiger partial charge in [-0.1, -0.05) is 46.9 Å². The van der Waals surface area contributed by atoms with E-state index in [-0.39, 0.29) is 0 Å². The van der Waals surface area contributed by atoms with E-state index in [1.807, 2.05) is 12.1 Å². The summed E-state index contributed by atoms with van der Waals surface area (Å²) >= 11 is 19.4. The van der Waals surface area contributed by atoms with E-state index >= 15 is 0 Å². The molecule has 8 heteroatoms. The molecule has 0 N–H and O–H groups in total. The van der Waals surface area contributed by atoms with Gasteiger partial charge < -0.3 is 9.30 Å². The maximum Gasteiger partial charge on any atom is 0.373 e. The fraction of sp³-hybridized carbons (Fsp3) is 0.111. The first-order valence-corrected chi connectivity index (χ1v) is 9.61. The molecule has 0 aliphatic rings. The molecule has 0 fully saturated rings. The summed E-state index contributed by atoms with van der Waals surface area (Å²) in [6.45, 7) is 0. The minimum absolute atomic E-state index is 0.400. The molecule has 2 atom stereocenters. The molecule has 1 heterocycles. The highest BCUT2D eigenvalue weighted by Gasteiger charge is 2.27. The quantitative estimate of drug-likeness (QED) is 0.340. The van der Waals surface area contributed by atoms with E-state index < -0.39 is 16.1 Å². The van der Waals surface area contributed by atoms with Gasteiger partial charge in [0.15, 0.2) is 0 Å². The summed E-state index contributed by atoms with van der Waals surface area (Å²) in [7, 11) is 0. The molecular weight excluding hydrogens is 415 g/mol. The Hall–Kier alpha value is -1.66. The molecule has 4 nitrogen and oxygen atoms in total. The molecule has 2 aromatic carbocycles. The second kappa shape index (κ2) is 8.82. The van der Waals surface area contributed by atoms with Crippen LogP contribution in [0.2, 0.25) is 10.0 Å². The van der Waals surface area contributed by atoms with Crippen molar-refractivity contribution in [2.24, 2.45) is 0 Å². The first-order valence-electron chi connectivity index (χ1n) is 7.54. The van der Waals surface area contributed by atoms with Gasteiger partial charge in [0, 0.05) is 22.4 Å². The van der Waals surface area contributed by atoms with Crippen molar-refractivity contribution in [3.8, 4) is 5.75 Å². The minimum Gasteiger partial charge on any atom is -0.418 e. The molecule has 0 radical (unpaired) electrons. The van der Waals surface area contributed by atoms with E-state index in [1.165, 1.54) is 0 Å². The van der Waals surface area contributed by atoms with Crippen LogP contribution >= 0.6 is 46.6 Å². The van der Waals surface area contributed by atoms with Gasteiger partial charge in [-0.2, -0.15) is 0 Å². The molecule has 0 saturated carbocycles. The number of hydrogen-bond donors (Lipinski definition) is 0. The van der Waals surface area contributed by atoms with Gasteiger partial charge in [-0.25, -0.2) is 9.78 Å². The number of hydrogen-bond acceptors (Lipinski definition) is 4. The van der Waals surface area contributed by atoms with E-state index in [0.717, 1.165) is 17.3 Å². The van der Waals surface area contributed by atoms with Crippen molar-refractivity contribution in [3.63, 3.8) is 0 Å². The lowest BCUT2D eigenvalue weighted by Crippen LogP contribution is -2.13. The Morgan fingerprint density at radius 1 is 1.04 bits per heavy atom. The molecule has 2 unspecified atom stereocenters. The Kier molecular flexibility index (Phi) is 6.48. The van der Waals surface area contributed by atoms with E-state index in [4.69, 9.17) is 39.5 Å². The van der Waals surface area contributed by atoms with Crippen LogP contribution in [0.5, 0.6) is 5.75 Å². The smallest absolute Gasteiger partial charge is 0.373 e. The lowest BCUT2D eigenvalue weighted by atomic mass is 10.1. The Balaban J connectivity index is 1.79. The largest absolute Gasteiger partial charge is 0.418 e. The number of imidazole rings is 1. The number of aromatic nitrogens is 2. The summed E-state index contributed by atoms with van der Waals surface area (Å²) in [6.07, 6.45) is 4.97. The molecule has 0 amide bonds. The highest BCUT2D eigenvalue weighted by atomic mass is 35.5. The number of thioether (sulfide) groups is 1. The summed E-state index contributed by atoms with van der Waals surface area (Å²) in [5.41, 5.74) is 0.308. The van der Waals surface area contributed by atoms with Crippen LogP contribution in [0, 0.1) is 0 Å². The van der Waals surface area contributed by atoms with Crippen molar-refractivity contribution < 1.29 is 9.53 Å². The average molecular weight is 428 g/mol. The predicted octanol–water partition coefficient (Wildman–Crippen LogP) is 6.60. The zero-order valence-electron chi connectivity index (χ0n) is 13.3. The second-order valence-electron chi connectivity index (χ2n) is 5.28. The van der Waals surface area contributed by atoms with Crippen molar-refractivity contribution in [2.45, 2.75) is 10.8 Å². The highest BCUT2D eigenvalue weighted by Crippen LogP contribution is 2.42. The predicted molar refractivity (Wildman–Crippen MR) is 106 cm³/mol. The zero-order chi connectivity index (χ0) is 18.5. The third-order valence-electron chi connectivity index (χ3n) is 3.50. The van der Waals surface area contributed by atoms with Crippen molar-refractivity contribution in [3.05, 3.63) is 82.9 Å². The maximum absolute atomic E-state index is 12.4. The van der Waals surface area contributed by atoms with Gasteiger partial charge in [0.1, 0.15) is 11.3 Å². The van der Waals surface area contributed by atoms with Gasteiger partial charge in [0.2, 0.25) is 0 Å². The van der Waals surface area contributed by atoms with Crippen molar-refractivity contribution in [1.82, 2.24) is 9.55 Å². The third-order valence-corrected chi connectivity index (χ3v) is 5.69. The number of carbonyl (C=O) groups excluding carboxylic acids is 1. The topological polar surface area (TPSA) is 44.1 Å². The van der Waals surface area contributed by atoms with Crippen LogP contribution in [-0.2, 0) is 0 Å². The number of carbonyl (C=O) groups is 1. The number of alkyl halides is 1. The minimum atomic E-state index is -0.540. The fourth-order valence-corrected chi connectivity index (χ4v) is 3.80. The van der Waals surface area contributed by atoms with Crippen LogP contribution in [-0.4, -0.2) is 14.9 Å². The molecule has 0 saturated heterocycles. The molecule has 0 spiro atoms. The van der Waals surface area contributed by atoms with E-state index in [2.05, 4.69) is 4.98 Å². The average Bonchev–Trinajstić information content (AvgIpc) is 3.17. The van der Waals surface area contributed by atoms with Gasteiger partial charge in [-0.15, -0.1) is 0 Å². The summed E-state index contributed by atoms with van der Waals surface area (Å²) in [4.78, 5) is 16.4. The number of benzene rings is 2. The van der Waals surface area contributed by atoms with Crippen LogP contribution in [0.1, 0.15) is 16.3 Å². The van der Waals surface area contributed by atoms with Crippen LogP contribution in [0.15, 0.2) is 67.3 Å². The summed E-state index contributed by atoms with van der Waals surface area (Å²) < 4.78 is 7.09. The normalized spacial score (nSPS) is 13.2. The van der Waals surface area contributed by atoms with Crippen LogP contribution in [0.25, 0.3) is 0 Å². The van der Waals surface area contributed by atoms with Crippen LogP contribution in [0.3, 0.4) is 0 Å².